The number of nitrogens with two attached hydrogens (primary N) is 1. The minimum absolute atomic E-state index is 0.372. The van der Waals surface area contributed by atoms with E-state index in [0.29, 0.717) is 6.42 Å². The quantitative estimate of drug-likeness (QED) is 0.640. The summed E-state index contributed by atoms with van der Waals surface area (Å²) < 4.78 is 0. The van der Waals surface area contributed by atoms with E-state index in [-0.39, 0.29) is 6.23 Å². The van der Waals surface area contributed by atoms with Crippen LogP contribution in [-0.2, 0) is 4.84 Å². The van der Waals surface area contributed by atoms with Crippen molar-refractivity contribution < 1.29 is 9.63 Å². The van der Waals surface area contributed by atoms with Crippen molar-refractivity contribution >= 4 is 11.7 Å². The summed E-state index contributed by atoms with van der Waals surface area (Å²) in [5, 5.41) is 3.93. The van der Waals surface area contributed by atoms with Crippen molar-refractivity contribution in [2.45, 2.75) is 12.6 Å². The lowest BCUT2D eigenvalue weighted by molar-refractivity contribution is 0.0518. The van der Waals surface area contributed by atoms with Crippen LogP contribution in [0, 0.1) is 0 Å². The number of nitrogens with one attached hydrogen (secondary N) is 2. The largest absolute Gasteiger partial charge is 0.374 e. The van der Waals surface area contributed by atoms with Gasteiger partial charge in [-0.2, -0.15) is 5.43 Å². The Bertz CT molecular complexity index is 405. The number of amides is 2. The number of primary amides is 1. The van der Waals surface area contributed by atoms with E-state index in [4.69, 9.17) is 10.6 Å². The monoisotopic (exact) mass is 220 g/mol. The Morgan fingerprint density at radius 1 is 1.44 bits per heavy atom. The molecular weight excluding hydrogens is 208 g/mol. The lowest BCUT2D eigenvalue weighted by Gasteiger charge is -2.09. The SMILES string of the molecule is NC(=O)NN[C@H]1CC(c2ccccc2)=NO1. The minimum atomic E-state index is -0.656. The number of hydrazine groups is 1. The summed E-state index contributed by atoms with van der Waals surface area (Å²) in [5.41, 5.74) is 11.6. The highest BCUT2D eigenvalue weighted by Crippen LogP contribution is 2.14. The van der Waals surface area contributed by atoms with Crippen molar-refractivity contribution in [3.63, 3.8) is 0 Å². The van der Waals surface area contributed by atoms with Gasteiger partial charge in [-0.25, -0.2) is 4.79 Å². The van der Waals surface area contributed by atoms with E-state index in [1.54, 1.807) is 0 Å². The second-order valence-electron chi connectivity index (χ2n) is 3.34. The van der Waals surface area contributed by atoms with Crippen LogP contribution in [0.2, 0.25) is 0 Å². The molecule has 1 atom stereocenters. The zero-order valence-corrected chi connectivity index (χ0v) is 8.51. The molecule has 2 amide bonds. The summed E-state index contributed by atoms with van der Waals surface area (Å²) in [6.45, 7) is 0. The van der Waals surface area contributed by atoms with E-state index >= 15 is 0 Å². The molecule has 0 aromatic heterocycles. The molecule has 1 aromatic rings. The molecule has 2 rings (SSSR count). The normalized spacial score (nSPS) is 18.8. The van der Waals surface area contributed by atoms with Gasteiger partial charge in [-0.05, 0) is 5.56 Å². The molecule has 1 aromatic carbocycles. The average molecular weight is 220 g/mol. The maximum atomic E-state index is 10.5. The fourth-order valence-electron chi connectivity index (χ4n) is 1.41. The summed E-state index contributed by atoms with van der Waals surface area (Å²) in [5.74, 6) is 0. The first kappa shape index (κ1) is 10.4. The predicted octanol–water partition coefficient (Wildman–Crippen LogP) is 0.310. The number of rotatable bonds is 3. The Kier molecular flexibility index (Phi) is 3.02. The lowest BCUT2D eigenvalue weighted by Crippen LogP contribution is -2.46. The van der Waals surface area contributed by atoms with Crippen molar-refractivity contribution in [2.75, 3.05) is 0 Å². The van der Waals surface area contributed by atoms with Gasteiger partial charge in [-0.3, -0.25) is 5.43 Å². The average Bonchev–Trinajstić information content (AvgIpc) is 2.76. The number of nitrogens with zero attached hydrogens (tertiary/aromatic N) is 1. The molecule has 6 heteroatoms. The van der Waals surface area contributed by atoms with Gasteiger partial charge in [0.25, 0.3) is 0 Å². The minimum Gasteiger partial charge on any atom is -0.374 e. The molecule has 4 N–H and O–H groups in total. The molecule has 0 bridgehead atoms. The molecular formula is C10H12N4O2. The molecule has 16 heavy (non-hydrogen) atoms. The van der Waals surface area contributed by atoms with Gasteiger partial charge in [0.05, 0.1) is 5.71 Å². The second kappa shape index (κ2) is 4.63. The molecule has 0 spiro atoms. The first-order valence-corrected chi connectivity index (χ1v) is 4.85. The molecule has 84 valence electrons. The van der Waals surface area contributed by atoms with Gasteiger partial charge in [-0.1, -0.05) is 35.5 Å². The Morgan fingerprint density at radius 2 is 2.19 bits per heavy atom. The summed E-state index contributed by atoms with van der Waals surface area (Å²) in [6, 6.07) is 9.04. The first-order chi connectivity index (χ1) is 7.75. The van der Waals surface area contributed by atoms with Gasteiger partial charge < -0.3 is 10.6 Å². The van der Waals surface area contributed by atoms with E-state index in [0.717, 1.165) is 11.3 Å². The summed E-state index contributed by atoms with van der Waals surface area (Å²) in [6.07, 6.45) is 0.201. The molecule has 0 fully saturated rings. The van der Waals surface area contributed by atoms with Crippen LogP contribution in [0.5, 0.6) is 0 Å². The Hall–Kier alpha value is -2.08. The van der Waals surface area contributed by atoms with E-state index in [9.17, 15) is 4.79 Å². The van der Waals surface area contributed by atoms with Gasteiger partial charge >= 0.3 is 6.03 Å². The van der Waals surface area contributed by atoms with Crippen LogP contribution in [0.1, 0.15) is 12.0 Å². The van der Waals surface area contributed by atoms with Crippen LogP contribution in [0.25, 0.3) is 0 Å². The van der Waals surface area contributed by atoms with Gasteiger partial charge in [-0.15, -0.1) is 0 Å². The molecule has 0 radical (unpaired) electrons. The van der Waals surface area contributed by atoms with Gasteiger partial charge in [0.1, 0.15) is 0 Å². The maximum absolute atomic E-state index is 10.5. The lowest BCUT2D eigenvalue weighted by atomic mass is 10.1. The predicted molar refractivity (Wildman–Crippen MR) is 58.3 cm³/mol. The van der Waals surface area contributed by atoms with Gasteiger partial charge in [0, 0.05) is 6.42 Å². The summed E-state index contributed by atoms with van der Waals surface area (Å²) in [7, 11) is 0. The number of oxime groups is 1. The number of carbonyl (C=O) groups is 1. The van der Waals surface area contributed by atoms with Crippen molar-refractivity contribution in [3.8, 4) is 0 Å². The Morgan fingerprint density at radius 3 is 2.88 bits per heavy atom. The van der Waals surface area contributed by atoms with Crippen LogP contribution in [0.15, 0.2) is 35.5 Å². The first-order valence-electron chi connectivity index (χ1n) is 4.85. The third kappa shape index (κ3) is 2.48. The van der Waals surface area contributed by atoms with Crippen molar-refractivity contribution in [1.82, 2.24) is 10.9 Å². The smallest absolute Gasteiger partial charge is 0.326 e. The Balaban J connectivity index is 1.90. The zero-order valence-electron chi connectivity index (χ0n) is 8.51. The van der Waals surface area contributed by atoms with Crippen molar-refractivity contribution in [3.05, 3.63) is 35.9 Å². The fraction of sp³-hybridized carbons (Fsp3) is 0.200. The topological polar surface area (TPSA) is 88.7 Å². The third-order valence-corrected chi connectivity index (χ3v) is 2.13. The van der Waals surface area contributed by atoms with Crippen LogP contribution >= 0.6 is 0 Å². The summed E-state index contributed by atoms with van der Waals surface area (Å²) >= 11 is 0. The van der Waals surface area contributed by atoms with Crippen molar-refractivity contribution in [2.24, 2.45) is 10.9 Å². The molecule has 1 heterocycles. The number of urea groups is 1. The van der Waals surface area contributed by atoms with Crippen molar-refractivity contribution in [1.29, 1.82) is 0 Å². The number of benzene rings is 1. The highest BCUT2D eigenvalue weighted by Gasteiger charge is 2.21. The van der Waals surface area contributed by atoms with Gasteiger partial charge in [0.15, 0.2) is 0 Å². The molecule has 0 aliphatic carbocycles. The van der Waals surface area contributed by atoms with E-state index in [1.165, 1.54) is 0 Å². The molecule has 0 saturated heterocycles. The highest BCUT2D eigenvalue weighted by atomic mass is 16.7. The van der Waals surface area contributed by atoms with E-state index in [1.807, 2.05) is 30.3 Å². The molecule has 1 aliphatic rings. The third-order valence-electron chi connectivity index (χ3n) is 2.13. The number of hydrogen-bond acceptors (Lipinski definition) is 4. The van der Waals surface area contributed by atoms with E-state index in [2.05, 4.69) is 16.0 Å². The van der Waals surface area contributed by atoms with Gasteiger partial charge in [0.2, 0.25) is 6.23 Å². The second-order valence-corrected chi connectivity index (χ2v) is 3.34. The molecule has 0 unspecified atom stereocenters. The highest BCUT2D eigenvalue weighted by molar-refractivity contribution is 6.01. The zero-order chi connectivity index (χ0) is 11.4. The van der Waals surface area contributed by atoms with Crippen LogP contribution in [0.4, 0.5) is 4.79 Å². The maximum Gasteiger partial charge on any atom is 0.326 e. The number of carbonyl (C=O) groups excluding carboxylic acids is 1. The molecule has 6 nitrogen and oxygen atoms in total. The molecule has 0 saturated carbocycles. The Labute approximate surface area is 92.4 Å². The number of hydrogen-bond donors (Lipinski definition) is 3. The molecule has 1 aliphatic heterocycles. The van der Waals surface area contributed by atoms with E-state index < -0.39 is 6.03 Å². The summed E-state index contributed by atoms with van der Waals surface area (Å²) in [4.78, 5) is 15.5. The van der Waals surface area contributed by atoms with Crippen LogP contribution in [0.3, 0.4) is 0 Å². The van der Waals surface area contributed by atoms with Crippen LogP contribution < -0.4 is 16.6 Å². The fourth-order valence-corrected chi connectivity index (χ4v) is 1.41. The van der Waals surface area contributed by atoms with Crippen LogP contribution in [-0.4, -0.2) is 18.0 Å². The standard InChI is InChI=1S/C10H12N4O2/c11-10(15)13-12-9-6-8(14-16-9)7-4-2-1-3-5-7/h1-5,9,12H,6H2,(H3,11,13,15)/t9-/m1/s1.